The third-order valence-electron chi connectivity index (χ3n) is 3.49. The first-order valence-electron chi connectivity index (χ1n) is 7.16. The molecule has 1 fully saturated rings. The Balaban J connectivity index is 1.69. The number of ether oxygens (including phenoxy) is 1. The van der Waals surface area contributed by atoms with E-state index in [4.69, 9.17) is 27.9 Å². The van der Waals surface area contributed by atoms with Gasteiger partial charge in [-0.25, -0.2) is 13.9 Å². The number of hydrogen-bond acceptors (Lipinski definition) is 5. The molecule has 1 aromatic heterocycles. The van der Waals surface area contributed by atoms with Crippen molar-refractivity contribution in [2.45, 2.75) is 10.9 Å². The summed E-state index contributed by atoms with van der Waals surface area (Å²) >= 11 is 10.8. The lowest BCUT2D eigenvalue weighted by atomic mass is 10.2. The smallest absolute Gasteiger partial charge is 0.414 e. The number of carbonyl (C=O) groups is 2. The number of cyclic esters (lactones) is 1. The summed E-state index contributed by atoms with van der Waals surface area (Å²) in [4.78, 5) is 23.4. The molecular formula is C14H12Cl2FN5O3. The van der Waals surface area contributed by atoms with Crippen molar-refractivity contribution < 1.29 is 18.7 Å². The first kappa shape index (κ1) is 17.4. The predicted molar refractivity (Wildman–Crippen MR) is 87.4 cm³/mol. The number of hydrogen-bond donors (Lipinski definition) is 1. The minimum atomic E-state index is -1.20. The van der Waals surface area contributed by atoms with Gasteiger partial charge in [0, 0.05) is 0 Å². The van der Waals surface area contributed by atoms with Crippen molar-refractivity contribution in [2.24, 2.45) is 0 Å². The van der Waals surface area contributed by atoms with Crippen LogP contribution in [0.1, 0.15) is 0 Å². The summed E-state index contributed by atoms with van der Waals surface area (Å²) in [5.74, 6) is -1.15. The molecule has 2 heterocycles. The summed E-state index contributed by atoms with van der Waals surface area (Å²) in [6.45, 7) is 0.201. The maximum absolute atomic E-state index is 14.3. The number of halogens is 3. The lowest BCUT2D eigenvalue weighted by Crippen LogP contribution is -2.37. The molecule has 0 spiro atoms. The van der Waals surface area contributed by atoms with E-state index in [0.717, 1.165) is 0 Å². The Labute approximate surface area is 151 Å². The topological polar surface area (TPSA) is 89.4 Å². The second-order valence-electron chi connectivity index (χ2n) is 5.15. The maximum Gasteiger partial charge on any atom is 0.414 e. The fraction of sp³-hybridized carbons (Fsp3) is 0.286. The number of rotatable bonds is 5. The molecule has 2 amide bonds. The molecule has 0 saturated carbocycles. The second-order valence-corrected chi connectivity index (χ2v) is 6.24. The molecule has 25 heavy (non-hydrogen) atoms. The largest absolute Gasteiger partial charge is 0.442 e. The van der Waals surface area contributed by atoms with E-state index in [9.17, 15) is 14.0 Å². The average Bonchev–Trinajstić information content (AvgIpc) is 3.22. The number of aromatic nitrogens is 3. The molecule has 1 aromatic carbocycles. The maximum atomic E-state index is 14.3. The quantitative estimate of drug-likeness (QED) is 0.787. The van der Waals surface area contributed by atoms with E-state index in [0.29, 0.717) is 5.69 Å². The highest BCUT2D eigenvalue weighted by atomic mass is 35.5. The zero-order valence-corrected chi connectivity index (χ0v) is 14.1. The molecule has 132 valence electrons. The Bertz CT molecular complexity index is 787. The van der Waals surface area contributed by atoms with Crippen LogP contribution in [0, 0.1) is 5.82 Å². The minimum Gasteiger partial charge on any atom is -0.442 e. The van der Waals surface area contributed by atoms with Gasteiger partial charge in [-0.3, -0.25) is 9.69 Å². The van der Waals surface area contributed by atoms with E-state index < -0.39 is 28.8 Å². The molecule has 8 nitrogen and oxygen atoms in total. The summed E-state index contributed by atoms with van der Waals surface area (Å²) in [6, 6.07) is 4.25. The van der Waals surface area contributed by atoms with Gasteiger partial charge in [0.1, 0.15) is 11.8 Å². The van der Waals surface area contributed by atoms with Crippen LogP contribution in [-0.2, 0) is 9.53 Å². The van der Waals surface area contributed by atoms with Crippen LogP contribution in [0.15, 0.2) is 30.6 Å². The van der Waals surface area contributed by atoms with Crippen LogP contribution in [0.4, 0.5) is 14.9 Å². The van der Waals surface area contributed by atoms with Crippen molar-refractivity contribution in [3.05, 3.63) is 36.4 Å². The summed E-state index contributed by atoms with van der Waals surface area (Å²) < 4.78 is 20.7. The summed E-state index contributed by atoms with van der Waals surface area (Å²) in [7, 11) is 0. The highest BCUT2D eigenvalue weighted by molar-refractivity contribution is 6.53. The summed E-state index contributed by atoms with van der Waals surface area (Å²) in [5.41, 5.74) is 0.528. The Hall–Kier alpha value is -2.39. The summed E-state index contributed by atoms with van der Waals surface area (Å²) in [6.07, 6.45) is 1.69. The van der Waals surface area contributed by atoms with Gasteiger partial charge >= 0.3 is 6.09 Å². The van der Waals surface area contributed by atoms with E-state index in [1.54, 1.807) is 6.07 Å². The van der Waals surface area contributed by atoms with E-state index in [1.165, 1.54) is 34.1 Å². The molecule has 1 saturated heterocycles. The Kier molecular flexibility index (Phi) is 5.05. The van der Waals surface area contributed by atoms with Crippen molar-refractivity contribution >= 4 is 40.9 Å². The van der Waals surface area contributed by atoms with Gasteiger partial charge in [-0.15, -0.1) is 5.10 Å². The Morgan fingerprint density at radius 1 is 1.48 bits per heavy atom. The molecule has 0 unspecified atom stereocenters. The average molecular weight is 388 g/mol. The zero-order valence-electron chi connectivity index (χ0n) is 12.6. The van der Waals surface area contributed by atoms with E-state index in [1.807, 2.05) is 0 Å². The molecule has 1 aliphatic heterocycles. The highest BCUT2D eigenvalue weighted by Crippen LogP contribution is 2.25. The van der Waals surface area contributed by atoms with Gasteiger partial charge in [0.05, 0.1) is 31.2 Å². The molecule has 2 aromatic rings. The first-order valence-corrected chi connectivity index (χ1v) is 8.03. The van der Waals surface area contributed by atoms with Gasteiger partial charge in [-0.05, 0) is 18.2 Å². The molecule has 0 radical (unpaired) electrons. The molecule has 1 N–H and O–H groups in total. The molecule has 0 aliphatic carbocycles. The monoisotopic (exact) mass is 387 g/mol. The van der Waals surface area contributed by atoms with E-state index in [-0.39, 0.29) is 18.8 Å². The van der Waals surface area contributed by atoms with Crippen LogP contribution < -0.4 is 10.2 Å². The highest BCUT2D eigenvalue weighted by Gasteiger charge is 2.33. The molecular weight excluding hydrogens is 376 g/mol. The van der Waals surface area contributed by atoms with Gasteiger partial charge in [-0.1, -0.05) is 28.4 Å². The number of alkyl halides is 2. The van der Waals surface area contributed by atoms with Gasteiger partial charge in [0.15, 0.2) is 10.7 Å². The van der Waals surface area contributed by atoms with Crippen molar-refractivity contribution in [1.29, 1.82) is 0 Å². The lowest BCUT2D eigenvalue weighted by Gasteiger charge is -2.14. The third-order valence-corrected chi connectivity index (χ3v) is 3.88. The Morgan fingerprint density at radius 3 is 2.92 bits per heavy atom. The fourth-order valence-electron chi connectivity index (χ4n) is 2.32. The molecule has 3 rings (SSSR count). The van der Waals surface area contributed by atoms with Crippen LogP contribution in [0.25, 0.3) is 5.69 Å². The van der Waals surface area contributed by atoms with Gasteiger partial charge in [-0.2, -0.15) is 0 Å². The van der Waals surface area contributed by atoms with Gasteiger partial charge in [0.25, 0.3) is 5.91 Å². The third kappa shape index (κ3) is 3.83. The predicted octanol–water partition coefficient (Wildman–Crippen LogP) is 1.65. The van der Waals surface area contributed by atoms with Crippen LogP contribution in [0.2, 0.25) is 0 Å². The first-order chi connectivity index (χ1) is 12.0. The lowest BCUT2D eigenvalue weighted by molar-refractivity contribution is -0.119. The van der Waals surface area contributed by atoms with E-state index >= 15 is 0 Å². The van der Waals surface area contributed by atoms with Gasteiger partial charge in [0.2, 0.25) is 0 Å². The fourth-order valence-corrected chi connectivity index (χ4v) is 2.47. The normalized spacial score (nSPS) is 17.0. The standard InChI is InChI=1S/C14H12Cl2FN5O3/c15-12(16)13(23)18-6-9-7-21(14(24)25-9)8-1-2-11(10(17)5-8)22-4-3-19-20-22/h1-5,9,12H,6-7H2,(H,18,23)/t9-/m0/s1. The number of amides is 2. The summed E-state index contributed by atoms with van der Waals surface area (Å²) in [5, 5.41) is 9.79. The van der Waals surface area contributed by atoms with Gasteiger partial charge < -0.3 is 10.1 Å². The second kappa shape index (κ2) is 7.24. The molecule has 1 aliphatic rings. The zero-order chi connectivity index (χ0) is 18.0. The van der Waals surface area contributed by atoms with Crippen LogP contribution in [-0.4, -0.2) is 51.0 Å². The van der Waals surface area contributed by atoms with Crippen molar-refractivity contribution in [2.75, 3.05) is 18.0 Å². The number of benzene rings is 1. The number of nitrogens with one attached hydrogen (secondary N) is 1. The number of nitrogens with zero attached hydrogens (tertiary/aromatic N) is 4. The minimum absolute atomic E-state index is 0.0521. The van der Waals surface area contributed by atoms with Crippen molar-refractivity contribution in [3.63, 3.8) is 0 Å². The molecule has 11 heteroatoms. The Morgan fingerprint density at radius 2 is 2.28 bits per heavy atom. The van der Waals surface area contributed by atoms with Crippen LogP contribution in [0.3, 0.4) is 0 Å². The molecule has 1 atom stereocenters. The number of anilines is 1. The molecule has 0 bridgehead atoms. The van der Waals surface area contributed by atoms with Crippen molar-refractivity contribution in [1.82, 2.24) is 20.3 Å². The number of carbonyl (C=O) groups excluding carboxylic acids is 2. The van der Waals surface area contributed by atoms with Crippen LogP contribution in [0.5, 0.6) is 0 Å². The van der Waals surface area contributed by atoms with Crippen LogP contribution >= 0.6 is 23.2 Å². The SMILES string of the molecule is O=C(NC[C@H]1CN(c2ccc(-n3ccnn3)c(F)c2)C(=O)O1)C(Cl)Cl. The van der Waals surface area contributed by atoms with Crippen molar-refractivity contribution in [3.8, 4) is 5.69 Å². The van der Waals surface area contributed by atoms with E-state index in [2.05, 4.69) is 15.6 Å².